The second-order valence-corrected chi connectivity index (χ2v) is 8.57. The first-order valence-electron chi connectivity index (χ1n) is 8.84. The number of benzene rings is 2. The van der Waals surface area contributed by atoms with Gasteiger partial charge in [-0.15, -0.1) is 0 Å². The van der Waals surface area contributed by atoms with E-state index in [1.54, 1.807) is 12.1 Å². The Balaban J connectivity index is 2.22. The van der Waals surface area contributed by atoms with Crippen molar-refractivity contribution in [2.75, 3.05) is 11.9 Å². The lowest BCUT2D eigenvalue weighted by Crippen LogP contribution is -2.24. The van der Waals surface area contributed by atoms with Crippen LogP contribution in [0, 0.1) is 0 Å². The Kier molecular flexibility index (Phi) is 5.65. The predicted molar refractivity (Wildman–Crippen MR) is 106 cm³/mol. The van der Waals surface area contributed by atoms with Gasteiger partial charge in [0.2, 0.25) is 0 Å². The number of phenols is 1. The first kappa shape index (κ1) is 19.8. The second-order valence-electron chi connectivity index (χ2n) is 8.57. The van der Waals surface area contributed by atoms with Gasteiger partial charge in [0.1, 0.15) is 11.5 Å². The number of hydrogen-bond acceptors (Lipinski definition) is 3. The van der Waals surface area contributed by atoms with Gasteiger partial charge in [-0.25, -0.2) is 0 Å². The van der Waals surface area contributed by atoms with E-state index in [-0.39, 0.29) is 29.1 Å². The van der Waals surface area contributed by atoms with E-state index in [0.717, 1.165) is 16.9 Å². The molecule has 0 unspecified atom stereocenters. The first-order valence-corrected chi connectivity index (χ1v) is 8.84. The van der Waals surface area contributed by atoms with E-state index in [1.807, 2.05) is 6.07 Å². The summed E-state index contributed by atoms with van der Waals surface area (Å²) in [5, 5.41) is 12.1. The van der Waals surface area contributed by atoms with Crippen molar-refractivity contribution in [1.82, 2.24) is 0 Å². The summed E-state index contributed by atoms with van der Waals surface area (Å²) in [6.07, 6.45) is 0. The molecule has 0 radical (unpaired) electrons. The van der Waals surface area contributed by atoms with Gasteiger partial charge in [-0.3, -0.25) is 4.79 Å². The molecular formula is C22H29NO3. The summed E-state index contributed by atoms with van der Waals surface area (Å²) in [5.74, 6) is 0.709. The number of nitrogens with one attached hydrogen (secondary N) is 1. The monoisotopic (exact) mass is 355 g/mol. The lowest BCUT2D eigenvalue weighted by atomic mass is 9.79. The molecule has 0 atom stereocenters. The first-order chi connectivity index (χ1) is 12.0. The highest BCUT2D eigenvalue weighted by Crippen LogP contribution is 2.39. The molecule has 2 aromatic carbocycles. The molecule has 2 rings (SSSR count). The molecule has 0 aliphatic heterocycles. The highest BCUT2D eigenvalue weighted by atomic mass is 16.5. The fourth-order valence-electron chi connectivity index (χ4n) is 2.75. The van der Waals surface area contributed by atoms with Crippen LogP contribution in [0.1, 0.15) is 52.7 Å². The van der Waals surface area contributed by atoms with Crippen molar-refractivity contribution in [3.8, 4) is 11.5 Å². The third kappa shape index (κ3) is 5.01. The molecule has 0 saturated carbocycles. The van der Waals surface area contributed by atoms with E-state index in [2.05, 4.69) is 59.0 Å². The summed E-state index contributed by atoms with van der Waals surface area (Å²) < 4.78 is 6.02. The van der Waals surface area contributed by atoms with Crippen molar-refractivity contribution in [2.45, 2.75) is 52.4 Å². The number of carbonyl (C=O) groups excluding carboxylic acids is 1. The fourth-order valence-corrected chi connectivity index (χ4v) is 2.75. The van der Waals surface area contributed by atoms with Crippen LogP contribution in [0.3, 0.4) is 0 Å². The van der Waals surface area contributed by atoms with Gasteiger partial charge in [0.15, 0.2) is 6.61 Å². The Morgan fingerprint density at radius 2 is 1.42 bits per heavy atom. The van der Waals surface area contributed by atoms with Crippen molar-refractivity contribution >= 4 is 11.6 Å². The van der Waals surface area contributed by atoms with Crippen molar-refractivity contribution in [3.05, 3.63) is 53.6 Å². The molecule has 4 heteroatoms. The van der Waals surface area contributed by atoms with Gasteiger partial charge >= 0.3 is 0 Å². The zero-order chi connectivity index (χ0) is 19.5. The quantitative estimate of drug-likeness (QED) is 0.758. The average Bonchev–Trinajstić information content (AvgIpc) is 2.53. The maximum atomic E-state index is 12.3. The minimum atomic E-state index is -0.237. The van der Waals surface area contributed by atoms with Crippen molar-refractivity contribution in [2.24, 2.45) is 0 Å². The number of amides is 1. The standard InChI is InChI=1S/C22H29NO3/c1-21(2,3)17-8-7-9-18(22(4,5)6)20(17)26-14-19(25)23-15-10-12-16(24)13-11-15/h7-13,24H,14H2,1-6H3,(H,23,25). The predicted octanol–water partition coefficient (Wildman–Crippen LogP) is 5.00. The summed E-state index contributed by atoms with van der Waals surface area (Å²) in [6, 6.07) is 12.5. The zero-order valence-electron chi connectivity index (χ0n) is 16.5. The van der Waals surface area contributed by atoms with Gasteiger partial charge in [-0.2, -0.15) is 0 Å². The summed E-state index contributed by atoms with van der Waals surface area (Å²) >= 11 is 0. The molecule has 0 aliphatic rings. The van der Waals surface area contributed by atoms with Crippen LogP contribution in [0.25, 0.3) is 0 Å². The lowest BCUT2D eigenvalue weighted by Gasteiger charge is -2.29. The molecule has 26 heavy (non-hydrogen) atoms. The largest absolute Gasteiger partial charge is 0.508 e. The van der Waals surface area contributed by atoms with Gasteiger partial charge in [-0.1, -0.05) is 59.7 Å². The van der Waals surface area contributed by atoms with E-state index in [9.17, 15) is 9.90 Å². The van der Waals surface area contributed by atoms with Gasteiger partial charge in [0, 0.05) is 5.69 Å². The molecule has 0 aliphatic carbocycles. The Morgan fingerprint density at radius 1 is 0.923 bits per heavy atom. The van der Waals surface area contributed by atoms with Gasteiger partial charge in [-0.05, 0) is 46.2 Å². The van der Waals surface area contributed by atoms with E-state index in [1.165, 1.54) is 12.1 Å². The normalized spacial score (nSPS) is 11.9. The number of ether oxygens (including phenoxy) is 1. The summed E-state index contributed by atoms with van der Waals surface area (Å²) in [6.45, 7) is 12.7. The number of aromatic hydroxyl groups is 1. The molecule has 0 fully saturated rings. The Morgan fingerprint density at radius 3 is 1.88 bits per heavy atom. The minimum Gasteiger partial charge on any atom is -0.508 e. The Hall–Kier alpha value is -2.49. The second kappa shape index (κ2) is 7.40. The molecule has 0 heterocycles. The smallest absolute Gasteiger partial charge is 0.262 e. The molecule has 140 valence electrons. The molecule has 2 N–H and O–H groups in total. The number of anilines is 1. The fraction of sp³-hybridized carbons (Fsp3) is 0.409. The highest BCUT2D eigenvalue weighted by molar-refractivity contribution is 5.91. The number of para-hydroxylation sites is 1. The number of carbonyl (C=O) groups is 1. The highest BCUT2D eigenvalue weighted by Gasteiger charge is 2.26. The van der Waals surface area contributed by atoms with Crippen LogP contribution in [0.5, 0.6) is 11.5 Å². The van der Waals surface area contributed by atoms with Gasteiger partial charge < -0.3 is 15.2 Å². The van der Waals surface area contributed by atoms with Crippen molar-refractivity contribution < 1.29 is 14.6 Å². The number of rotatable bonds is 4. The third-order valence-corrected chi connectivity index (χ3v) is 4.13. The van der Waals surface area contributed by atoms with Crippen LogP contribution in [-0.2, 0) is 15.6 Å². The molecule has 1 amide bonds. The van der Waals surface area contributed by atoms with E-state index in [4.69, 9.17) is 4.74 Å². The number of phenolic OH excluding ortho intramolecular Hbond substituents is 1. The Bertz CT molecular complexity index is 733. The van der Waals surface area contributed by atoms with Gasteiger partial charge in [0.25, 0.3) is 5.91 Å². The maximum absolute atomic E-state index is 12.3. The van der Waals surface area contributed by atoms with E-state index in [0.29, 0.717) is 5.69 Å². The summed E-state index contributed by atoms with van der Waals surface area (Å²) in [4.78, 5) is 12.3. The van der Waals surface area contributed by atoms with E-state index < -0.39 is 0 Å². The summed E-state index contributed by atoms with van der Waals surface area (Å²) in [7, 11) is 0. The van der Waals surface area contributed by atoms with Crippen LogP contribution in [0.4, 0.5) is 5.69 Å². The average molecular weight is 355 g/mol. The maximum Gasteiger partial charge on any atom is 0.262 e. The molecule has 0 saturated heterocycles. The van der Waals surface area contributed by atoms with Crippen LogP contribution < -0.4 is 10.1 Å². The Labute approximate surface area is 156 Å². The number of hydrogen-bond donors (Lipinski definition) is 2. The topological polar surface area (TPSA) is 58.6 Å². The van der Waals surface area contributed by atoms with Crippen LogP contribution in [-0.4, -0.2) is 17.6 Å². The minimum absolute atomic E-state index is 0.0724. The molecule has 0 aromatic heterocycles. The molecule has 4 nitrogen and oxygen atoms in total. The zero-order valence-corrected chi connectivity index (χ0v) is 16.5. The third-order valence-electron chi connectivity index (χ3n) is 4.13. The lowest BCUT2D eigenvalue weighted by molar-refractivity contribution is -0.118. The van der Waals surface area contributed by atoms with Crippen molar-refractivity contribution in [1.29, 1.82) is 0 Å². The summed E-state index contributed by atoms with van der Waals surface area (Å²) in [5.41, 5.74) is 2.61. The molecule has 2 aromatic rings. The van der Waals surface area contributed by atoms with Crippen LogP contribution in [0.2, 0.25) is 0 Å². The SMILES string of the molecule is CC(C)(C)c1cccc(C(C)(C)C)c1OCC(=O)Nc1ccc(O)cc1. The van der Waals surface area contributed by atoms with Crippen LogP contribution in [0.15, 0.2) is 42.5 Å². The molecule has 0 spiro atoms. The van der Waals surface area contributed by atoms with Crippen LogP contribution >= 0.6 is 0 Å². The van der Waals surface area contributed by atoms with Gasteiger partial charge in [0.05, 0.1) is 0 Å². The molecular weight excluding hydrogens is 326 g/mol. The van der Waals surface area contributed by atoms with E-state index >= 15 is 0 Å². The molecule has 0 bridgehead atoms. The van der Waals surface area contributed by atoms with Crippen molar-refractivity contribution in [3.63, 3.8) is 0 Å².